The number of aromatic nitrogens is 3. The van der Waals surface area contributed by atoms with Crippen molar-refractivity contribution >= 4 is 11.6 Å². The summed E-state index contributed by atoms with van der Waals surface area (Å²) in [5.74, 6) is 0.740. The first-order valence-electron chi connectivity index (χ1n) is 5.88. The molecule has 0 radical (unpaired) electrons. The standard InChI is InChI=1S/C12H17FN4/c1-4-10(8(2)3)14-12-15-11-6-5-9(13)7-17(11)16-12/h5-8,10H,4H2,1-3H3,(H,14,16). The molecule has 5 heteroatoms. The highest BCUT2D eigenvalue weighted by atomic mass is 19.1. The molecule has 2 rings (SSSR count). The minimum atomic E-state index is -0.315. The van der Waals surface area contributed by atoms with Crippen LogP contribution in [0.3, 0.4) is 0 Å². The fourth-order valence-electron chi connectivity index (χ4n) is 1.83. The molecule has 0 saturated carbocycles. The van der Waals surface area contributed by atoms with Crippen molar-refractivity contribution in [3.8, 4) is 0 Å². The Morgan fingerprint density at radius 1 is 1.41 bits per heavy atom. The lowest BCUT2D eigenvalue weighted by molar-refractivity contribution is 0.508. The van der Waals surface area contributed by atoms with Crippen LogP contribution < -0.4 is 5.32 Å². The van der Waals surface area contributed by atoms with E-state index in [1.54, 1.807) is 6.07 Å². The predicted octanol–water partition coefficient (Wildman–Crippen LogP) is 2.71. The smallest absolute Gasteiger partial charge is 0.243 e. The van der Waals surface area contributed by atoms with Gasteiger partial charge in [-0.05, 0) is 24.5 Å². The van der Waals surface area contributed by atoms with Gasteiger partial charge in [-0.2, -0.15) is 4.98 Å². The summed E-state index contributed by atoms with van der Waals surface area (Å²) in [6.45, 7) is 6.42. The van der Waals surface area contributed by atoms with E-state index in [1.165, 1.54) is 16.8 Å². The van der Waals surface area contributed by atoms with Crippen molar-refractivity contribution in [3.63, 3.8) is 0 Å². The lowest BCUT2D eigenvalue weighted by Gasteiger charge is -2.19. The number of fused-ring (bicyclic) bond motifs is 1. The van der Waals surface area contributed by atoms with Crippen molar-refractivity contribution in [2.75, 3.05) is 5.32 Å². The Bertz CT molecular complexity index is 506. The summed E-state index contributed by atoms with van der Waals surface area (Å²) in [6, 6.07) is 3.33. The third kappa shape index (κ3) is 2.54. The molecular weight excluding hydrogens is 219 g/mol. The van der Waals surface area contributed by atoms with Gasteiger partial charge in [-0.1, -0.05) is 20.8 Å². The van der Waals surface area contributed by atoms with E-state index in [0.29, 0.717) is 23.6 Å². The number of anilines is 1. The van der Waals surface area contributed by atoms with Gasteiger partial charge < -0.3 is 5.32 Å². The SMILES string of the molecule is CCC(Nc1nc2ccc(F)cn2n1)C(C)C. The van der Waals surface area contributed by atoms with Gasteiger partial charge in [0.1, 0.15) is 5.82 Å². The maximum absolute atomic E-state index is 13.0. The Morgan fingerprint density at radius 3 is 2.82 bits per heavy atom. The third-order valence-corrected chi connectivity index (χ3v) is 2.85. The highest BCUT2D eigenvalue weighted by Gasteiger charge is 2.13. The van der Waals surface area contributed by atoms with E-state index in [1.807, 2.05) is 0 Å². The van der Waals surface area contributed by atoms with Crippen molar-refractivity contribution in [2.24, 2.45) is 5.92 Å². The number of pyridine rings is 1. The molecule has 1 unspecified atom stereocenters. The topological polar surface area (TPSA) is 42.2 Å². The zero-order valence-corrected chi connectivity index (χ0v) is 10.3. The monoisotopic (exact) mass is 236 g/mol. The second-order valence-corrected chi connectivity index (χ2v) is 4.49. The molecule has 0 fully saturated rings. The van der Waals surface area contributed by atoms with E-state index < -0.39 is 0 Å². The fraction of sp³-hybridized carbons (Fsp3) is 0.500. The van der Waals surface area contributed by atoms with Gasteiger partial charge in [-0.3, -0.25) is 0 Å². The number of nitrogens with zero attached hydrogens (tertiary/aromatic N) is 3. The maximum Gasteiger partial charge on any atom is 0.243 e. The van der Waals surface area contributed by atoms with Crippen molar-refractivity contribution in [2.45, 2.75) is 33.2 Å². The second kappa shape index (κ2) is 4.69. The Labute approximate surface area is 99.9 Å². The molecule has 0 aliphatic carbocycles. The normalized spacial score (nSPS) is 13.2. The Kier molecular flexibility index (Phi) is 3.26. The lowest BCUT2D eigenvalue weighted by Crippen LogP contribution is -2.25. The summed E-state index contributed by atoms with van der Waals surface area (Å²) >= 11 is 0. The van der Waals surface area contributed by atoms with E-state index in [9.17, 15) is 4.39 Å². The summed E-state index contributed by atoms with van der Waals surface area (Å²) in [4.78, 5) is 4.30. The Balaban J connectivity index is 2.24. The summed E-state index contributed by atoms with van der Waals surface area (Å²) in [6.07, 6.45) is 2.32. The van der Waals surface area contributed by atoms with Crippen molar-refractivity contribution in [1.82, 2.24) is 14.6 Å². The van der Waals surface area contributed by atoms with Crippen LogP contribution in [0.15, 0.2) is 18.3 Å². The van der Waals surface area contributed by atoms with E-state index in [4.69, 9.17) is 0 Å². The third-order valence-electron chi connectivity index (χ3n) is 2.85. The first-order chi connectivity index (χ1) is 8.10. The molecule has 0 spiro atoms. The number of halogens is 1. The molecule has 1 atom stereocenters. The van der Waals surface area contributed by atoms with Crippen molar-refractivity contribution in [1.29, 1.82) is 0 Å². The molecule has 2 aromatic heterocycles. The average molecular weight is 236 g/mol. The number of hydrogen-bond donors (Lipinski definition) is 1. The van der Waals surface area contributed by atoms with Crippen LogP contribution in [-0.4, -0.2) is 20.6 Å². The molecular formula is C12H17FN4. The van der Waals surface area contributed by atoms with Crippen LogP contribution in [0.25, 0.3) is 5.65 Å². The summed E-state index contributed by atoms with van der Waals surface area (Å²) in [7, 11) is 0. The van der Waals surface area contributed by atoms with Gasteiger partial charge in [0.2, 0.25) is 5.95 Å². The van der Waals surface area contributed by atoms with Crippen LogP contribution >= 0.6 is 0 Å². The van der Waals surface area contributed by atoms with Gasteiger partial charge in [0.15, 0.2) is 5.65 Å². The minimum absolute atomic E-state index is 0.315. The van der Waals surface area contributed by atoms with E-state index in [2.05, 4.69) is 36.2 Å². The van der Waals surface area contributed by atoms with Gasteiger partial charge >= 0.3 is 0 Å². The van der Waals surface area contributed by atoms with E-state index in [0.717, 1.165) is 6.42 Å². The van der Waals surface area contributed by atoms with E-state index in [-0.39, 0.29) is 5.82 Å². The van der Waals surface area contributed by atoms with Gasteiger partial charge in [0.05, 0.1) is 6.20 Å². The van der Waals surface area contributed by atoms with Crippen LogP contribution in [0.1, 0.15) is 27.2 Å². The zero-order chi connectivity index (χ0) is 12.4. The Hall–Kier alpha value is -1.65. The van der Waals surface area contributed by atoms with Crippen molar-refractivity contribution in [3.05, 3.63) is 24.1 Å². The molecule has 0 aromatic carbocycles. The summed E-state index contributed by atoms with van der Waals surface area (Å²) in [5, 5.41) is 7.47. The minimum Gasteiger partial charge on any atom is -0.350 e. The molecule has 17 heavy (non-hydrogen) atoms. The van der Waals surface area contributed by atoms with Gasteiger partial charge in [-0.15, -0.1) is 5.10 Å². The quantitative estimate of drug-likeness (QED) is 0.887. The number of rotatable bonds is 4. The molecule has 4 nitrogen and oxygen atoms in total. The van der Waals surface area contributed by atoms with Crippen LogP contribution in [0.5, 0.6) is 0 Å². The molecule has 0 aliphatic heterocycles. The first kappa shape index (κ1) is 11.8. The molecule has 92 valence electrons. The largest absolute Gasteiger partial charge is 0.350 e. The molecule has 0 saturated heterocycles. The summed E-state index contributed by atoms with van der Waals surface area (Å²) < 4.78 is 14.4. The zero-order valence-electron chi connectivity index (χ0n) is 10.3. The van der Waals surface area contributed by atoms with Gasteiger partial charge in [0, 0.05) is 6.04 Å². The first-order valence-corrected chi connectivity index (χ1v) is 5.88. The Morgan fingerprint density at radius 2 is 2.18 bits per heavy atom. The fourth-order valence-corrected chi connectivity index (χ4v) is 1.83. The van der Waals surface area contributed by atoms with Gasteiger partial charge in [0.25, 0.3) is 0 Å². The number of nitrogens with one attached hydrogen (secondary N) is 1. The van der Waals surface area contributed by atoms with Crippen molar-refractivity contribution < 1.29 is 4.39 Å². The summed E-state index contributed by atoms with van der Waals surface area (Å²) in [5.41, 5.74) is 0.646. The van der Waals surface area contributed by atoms with Crippen LogP contribution in [0.2, 0.25) is 0 Å². The predicted molar refractivity (Wildman–Crippen MR) is 65.5 cm³/mol. The molecule has 1 N–H and O–H groups in total. The maximum atomic E-state index is 13.0. The molecule has 2 aromatic rings. The van der Waals surface area contributed by atoms with E-state index >= 15 is 0 Å². The highest BCUT2D eigenvalue weighted by Crippen LogP contribution is 2.13. The lowest BCUT2D eigenvalue weighted by atomic mass is 10.0. The second-order valence-electron chi connectivity index (χ2n) is 4.49. The van der Waals surface area contributed by atoms with Crippen LogP contribution in [0, 0.1) is 11.7 Å². The number of hydrogen-bond acceptors (Lipinski definition) is 3. The molecule has 0 bridgehead atoms. The van der Waals surface area contributed by atoms with Gasteiger partial charge in [-0.25, -0.2) is 8.91 Å². The molecule has 0 aliphatic rings. The average Bonchev–Trinajstić information content (AvgIpc) is 2.66. The van der Waals surface area contributed by atoms with Crippen LogP contribution in [0.4, 0.5) is 10.3 Å². The molecule has 2 heterocycles. The highest BCUT2D eigenvalue weighted by molar-refractivity contribution is 5.43. The molecule has 0 amide bonds. The van der Waals surface area contributed by atoms with Crippen LogP contribution in [-0.2, 0) is 0 Å².